The van der Waals surface area contributed by atoms with Crippen molar-refractivity contribution >= 4 is 54.8 Å². The number of hydrazone groups is 1. The second-order valence-corrected chi connectivity index (χ2v) is 9.73. The average molecular weight is 626 g/mol. The number of benzene rings is 4. The van der Waals surface area contributed by atoms with E-state index in [9.17, 15) is 4.79 Å². The third-order valence-electron chi connectivity index (χ3n) is 5.46. The summed E-state index contributed by atoms with van der Waals surface area (Å²) in [5.41, 5.74) is 4.76. The molecule has 4 aromatic carbocycles. The van der Waals surface area contributed by atoms with E-state index in [0.29, 0.717) is 48.2 Å². The quantitative estimate of drug-likeness (QED) is 0.146. The molecule has 0 radical (unpaired) electrons. The molecule has 0 heterocycles. The van der Waals surface area contributed by atoms with Crippen LogP contribution in [-0.4, -0.2) is 25.3 Å². The van der Waals surface area contributed by atoms with Gasteiger partial charge in [-0.05, 0) is 76.4 Å². The van der Waals surface area contributed by atoms with Crippen molar-refractivity contribution in [3.63, 3.8) is 0 Å². The molecule has 6 nitrogen and oxygen atoms in total. The van der Waals surface area contributed by atoms with Gasteiger partial charge in [0.15, 0.2) is 11.5 Å². The van der Waals surface area contributed by atoms with Crippen LogP contribution in [0.1, 0.15) is 35.3 Å². The Balaban J connectivity index is 1.51. The Labute approximate surface area is 232 Å². The topological polar surface area (TPSA) is 69.2 Å². The van der Waals surface area contributed by atoms with Crippen LogP contribution in [0.5, 0.6) is 17.2 Å². The van der Waals surface area contributed by atoms with E-state index in [0.717, 1.165) is 25.3 Å². The zero-order chi connectivity index (χ0) is 26.2. The first kappa shape index (κ1) is 26.7. The van der Waals surface area contributed by atoms with Gasteiger partial charge < -0.3 is 14.2 Å². The molecule has 4 rings (SSSR count). The van der Waals surface area contributed by atoms with Gasteiger partial charge >= 0.3 is 0 Å². The third kappa shape index (κ3) is 6.70. The summed E-state index contributed by atoms with van der Waals surface area (Å²) in [7, 11) is 0. The largest absolute Gasteiger partial charge is 0.490 e. The van der Waals surface area contributed by atoms with Gasteiger partial charge in [-0.15, -0.1) is 0 Å². The Morgan fingerprint density at radius 2 is 1.65 bits per heavy atom. The van der Waals surface area contributed by atoms with E-state index in [1.165, 1.54) is 0 Å². The van der Waals surface area contributed by atoms with Gasteiger partial charge in [-0.2, -0.15) is 5.10 Å². The van der Waals surface area contributed by atoms with Crippen molar-refractivity contribution in [1.29, 1.82) is 0 Å². The molecule has 8 heteroatoms. The molecule has 0 aromatic heterocycles. The van der Waals surface area contributed by atoms with Gasteiger partial charge in [0.05, 0.1) is 23.9 Å². The molecular formula is C29H26Br2N2O4. The molecule has 1 amide bonds. The minimum Gasteiger partial charge on any atom is -0.490 e. The molecule has 1 N–H and O–H groups in total. The van der Waals surface area contributed by atoms with Crippen molar-refractivity contribution in [3.8, 4) is 17.2 Å². The number of nitrogens with one attached hydrogen (secondary N) is 1. The number of rotatable bonds is 10. The highest BCUT2D eigenvalue weighted by atomic mass is 79.9. The fourth-order valence-electron chi connectivity index (χ4n) is 3.81. The number of amides is 1. The number of carbonyl (C=O) groups excluding carboxylic acids is 1. The first-order chi connectivity index (χ1) is 18.0. The summed E-state index contributed by atoms with van der Waals surface area (Å²) in [5.74, 6) is 1.36. The van der Waals surface area contributed by atoms with Gasteiger partial charge in [0.1, 0.15) is 12.4 Å². The van der Waals surface area contributed by atoms with Gasteiger partial charge in [-0.25, -0.2) is 5.43 Å². The monoisotopic (exact) mass is 624 g/mol. The zero-order valence-corrected chi connectivity index (χ0v) is 23.6. The van der Waals surface area contributed by atoms with E-state index in [2.05, 4.69) is 66.7 Å². The molecule has 37 heavy (non-hydrogen) atoms. The third-order valence-corrected chi connectivity index (χ3v) is 6.51. The van der Waals surface area contributed by atoms with Crippen molar-refractivity contribution in [2.24, 2.45) is 5.10 Å². The summed E-state index contributed by atoms with van der Waals surface area (Å²) in [6.45, 7) is 5.11. The van der Waals surface area contributed by atoms with Crippen LogP contribution in [0.2, 0.25) is 0 Å². The minimum absolute atomic E-state index is 0.368. The van der Waals surface area contributed by atoms with Crippen LogP contribution in [0.15, 0.2) is 86.8 Å². The Bertz CT molecular complexity index is 1430. The van der Waals surface area contributed by atoms with Crippen LogP contribution in [0, 0.1) is 0 Å². The van der Waals surface area contributed by atoms with E-state index in [4.69, 9.17) is 14.2 Å². The molecule has 0 spiro atoms. The lowest BCUT2D eigenvalue weighted by Crippen LogP contribution is -2.18. The SMILES string of the molecule is CCOc1ccc(C(=O)N/N=C/c2cc(Br)cc(Br)c2OCc2cccc3ccccc23)cc1OCC. The van der Waals surface area contributed by atoms with E-state index in [1.807, 2.05) is 44.2 Å². The first-order valence-electron chi connectivity index (χ1n) is 11.8. The highest BCUT2D eigenvalue weighted by Gasteiger charge is 2.13. The lowest BCUT2D eigenvalue weighted by Gasteiger charge is -2.13. The summed E-state index contributed by atoms with van der Waals surface area (Å²) in [4.78, 5) is 12.7. The number of carbonyl (C=O) groups is 1. The molecule has 0 saturated carbocycles. The van der Waals surface area contributed by atoms with Crippen LogP contribution in [0.4, 0.5) is 0 Å². The molecule has 0 atom stereocenters. The predicted molar refractivity (Wildman–Crippen MR) is 154 cm³/mol. The second kappa shape index (κ2) is 12.7. The molecule has 0 fully saturated rings. The fraction of sp³-hybridized carbons (Fsp3) is 0.172. The number of halogens is 2. The van der Waals surface area contributed by atoms with E-state index in [1.54, 1.807) is 24.4 Å². The standard InChI is InChI=1S/C29H26Br2N2O4/c1-3-35-26-13-12-20(15-27(26)36-4-2)29(34)33-32-17-22-14-23(30)16-25(31)28(22)37-18-21-10-7-9-19-8-5-6-11-24(19)21/h5-17H,3-4,18H2,1-2H3,(H,33,34)/b32-17+. The maximum absolute atomic E-state index is 12.7. The smallest absolute Gasteiger partial charge is 0.271 e. The summed E-state index contributed by atoms with van der Waals surface area (Å²) in [6.07, 6.45) is 1.56. The Morgan fingerprint density at radius 3 is 2.46 bits per heavy atom. The van der Waals surface area contributed by atoms with Gasteiger partial charge in [-0.1, -0.05) is 58.4 Å². The van der Waals surface area contributed by atoms with E-state index >= 15 is 0 Å². The maximum Gasteiger partial charge on any atom is 0.271 e. The predicted octanol–water partition coefficient (Wildman–Crippen LogP) is 7.51. The Kier molecular flexibility index (Phi) is 9.19. The average Bonchev–Trinajstić information content (AvgIpc) is 2.89. The van der Waals surface area contributed by atoms with Crippen LogP contribution in [0.25, 0.3) is 10.8 Å². The lowest BCUT2D eigenvalue weighted by atomic mass is 10.1. The summed E-state index contributed by atoms with van der Waals surface area (Å²) in [6, 6.07) is 23.2. The van der Waals surface area contributed by atoms with Crippen LogP contribution < -0.4 is 19.6 Å². The van der Waals surface area contributed by atoms with Gasteiger partial charge in [0.2, 0.25) is 0 Å². The van der Waals surface area contributed by atoms with E-state index < -0.39 is 0 Å². The summed E-state index contributed by atoms with van der Waals surface area (Å²) >= 11 is 7.11. The molecule has 0 aliphatic carbocycles. The van der Waals surface area contributed by atoms with Crippen molar-refractivity contribution in [3.05, 3.63) is 98.4 Å². The van der Waals surface area contributed by atoms with Crippen LogP contribution in [0.3, 0.4) is 0 Å². The van der Waals surface area contributed by atoms with Crippen LogP contribution in [-0.2, 0) is 6.61 Å². The molecule has 0 saturated heterocycles. The molecule has 190 valence electrons. The van der Waals surface area contributed by atoms with Gasteiger partial charge in [0.25, 0.3) is 5.91 Å². The molecule has 0 bridgehead atoms. The molecule has 0 aliphatic rings. The van der Waals surface area contributed by atoms with Gasteiger partial charge in [0, 0.05) is 15.6 Å². The zero-order valence-electron chi connectivity index (χ0n) is 20.5. The second-order valence-electron chi connectivity index (χ2n) is 7.96. The molecule has 4 aromatic rings. The number of hydrogen-bond acceptors (Lipinski definition) is 5. The number of fused-ring (bicyclic) bond motifs is 1. The number of hydrogen-bond donors (Lipinski definition) is 1. The summed E-state index contributed by atoms with van der Waals surface area (Å²) < 4.78 is 19.0. The Morgan fingerprint density at radius 1 is 0.892 bits per heavy atom. The van der Waals surface area contributed by atoms with Gasteiger partial charge in [-0.3, -0.25) is 4.79 Å². The number of ether oxygens (including phenoxy) is 3. The van der Waals surface area contributed by atoms with Crippen molar-refractivity contribution in [2.75, 3.05) is 13.2 Å². The Hall–Kier alpha value is -3.36. The van der Waals surface area contributed by atoms with Crippen molar-refractivity contribution in [1.82, 2.24) is 5.43 Å². The van der Waals surface area contributed by atoms with E-state index in [-0.39, 0.29) is 5.91 Å². The highest BCUT2D eigenvalue weighted by molar-refractivity contribution is 9.11. The lowest BCUT2D eigenvalue weighted by molar-refractivity contribution is 0.0954. The first-order valence-corrected chi connectivity index (χ1v) is 13.4. The molecular weight excluding hydrogens is 600 g/mol. The minimum atomic E-state index is -0.368. The normalized spacial score (nSPS) is 11.0. The highest BCUT2D eigenvalue weighted by Crippen LogP contribution is 2.33. The maximum atomic E-state index is 12.7. The summed E-state index contributed by atoms with van der Waals surface area (Å²) in [5, 5.41) is 6.48. The molecule has 0 unspecified atom stereocenters. The van der Waals surface area contributed by atoms with Crippen molar-refractivity contribution in [2.45, 2.75) is 20.5 Å². The molecule has 0 aliphatic heterocycles. The van der Waals surface area contributed by atoms with Crippen LogP contribution >= 0.6 is 31.9 Å². The van der Waals surface area contributed by atoms with Crippen molar-refractivity contribution < 1.29 is 19.0 Å². The fourth-order valence-corrected chi connectivity index (χ4v) is 5.19. The number of nitrogens with zero attached hydrogens (tertiary/aromatic N) is 1.